The molecular formula is C18H24ClIN6O3. The number of ether oxygens (including phenoxy) is 1. The third-order valence-corrected chi connectivity index (χ3v) is 4.54. The fraction of sp³-hybridized carbons (Fsp3) is 0.444. The zero-order valence-corrected chi connectivity index (χ0v) is 19.1. The van der Waals surface area contributed by atoms with Crippen molar-refractivity contribution in [1.29, 1.82) is 0 Å². The molecule has 2 heterocycles. The van der Waals surface area contributed by atoms with Crippen LogP contribution < -0.4 is 11.1 Å². The summed E-state index contributed by atoms with van der Waals surface area (Å²) in [4.78, 5) is 22.0. The first kappa shape index (κ1) is 23.2. The smallest absolute Gasteiger partial charge is 0.409 e. The minimum absolute atomic E-state index is 0. The Bertz CT molecular complexity index is 839. The van der Waals surface area contributed by atoms with Crippen LogP contribution in [0.15, 0.2) is 33.8 Å². The number of hydrogen-bond donors (Lipinski definition) is 2. The Balaban J connectivity index is 0.00000300. The second kappa shape index (κ2) is 11.2. The summed E-state index contributed by atoms with van der Waals surface area (Å²) in [6.07, 6.45) is 1.28. The van der Waals surface area contributed by atoms with Gasteiger partial charge in [0.1, 0.15) is 6.54 Å². The summed E-state index contributed by atoms with van der Waals surface area (Å²) < 4.78 is 10.2. The van der Waals surface area contributed by atoms with Gasteiger partial charge in [-0.1, -0.05) is 28.9 Å². The van der Waals surface area contributed by atoms with Crippen LogP contribution in [0.5, 0.6) is 0 Å². The number of nitrogens with zero attached hydrogens (tertiary/aromatic N) is 4. The van der Waals surface area contributed by atoms with Crippen LogP contribution in [0.2, 0.25) is 5.02 Å². The van der Waals surface area contributed by atoms with Crippen molar-refractivity contribution in [2.24, 2.45) is 10.7 Å². The van der Waals surface area contributed by atoms with E-state index in [0.29, 0.717) is 42.4 Å². The van der Waals surface area contributed by atoms with Gasteiger partial charge in [-0.15, -0.1) is 24.0 Å². The molecule has 1 fully saturated rings. The van der Waals surface area contributed by atoms with Crippen molar-refractivity contribution >= 4 is 47.6 Å². The average molecular weight is 535 g/mol. The number of halogens is 2. The molecule has 1 saturated heterocycles. The second-order valence-electron chi connectivity index (χ2n) is 6.33. The van der Waals surface area contributed by atoms with Gasteiger partial charge in [0.25, 0.3) is 0 Å². The molecule has 0 spiro atoms. The van der Waals surface area contributed by atoms with Crippen LogP contribution in [-0.4, -0.2) is 52.8 Å². The third kappa shape index (κ3) is 6.74. The minimum Gasteiger partial charge on any atom is -0.450 e. The van der Waals surface area contributed by atoms with Crippen LogP contribution in [0.1, 0.15) is 25.7 Å². The van der Waals surface area contributed by atoms with Crippen LogP contribution in [0, 0.1) is 0 Å². The molecular weight excluding hydrogens is 511 g/mol. The van der Waals surface area contributed by atoms with Gasteiger partial charge in [0.2, 0.25) is 11.7 Å². The molecule has 1 aliphatic heterocycles. The quantitative estimate of drug-likeness (QED) is 0.344. The number of rotatable bonds is 5. The topological polar surface area (TPSA) is 119 Å². The van der Waals surface area contributed by atoms with Gasteiger partial charge in [0, 0.05) is 29.7 Å². The molecule has 3 rings (SSSR count). The highest BCUT2D eigenvalue weighted by Gasteiger charge is 2.23. The van der Waals surface area contributed by atoms with E-state index >= 15 is 0 Å². The van der Waals surface area contributed by atoms with E-state index in [1.165, 1.54) is 0 Å². The molecule has 0 radical (unpaired) electrons. The first-order valence-electron chi connectivity index (χ1n) is 9.12. The molecule has 0 unspecified atom stereocenters. The summed E-state index contributed by atoms with van der Waals surface area (Å²) in [5.74, 6) is 1.11. The molecule has 0 saturated carbocycles. The van der Waals surface area contributed by atoms with Crippen molar-refractivity contribution in [3.63, 3.8) is 0 Å². The minimum atomic E-state index is -0.269. The molecule has 0 aliphatic carbocycles. The Morgan fingerprint density at radius 1 is 1.45 bits per heavy atom. The van der Waals surface area contributed by atoms with Crippen molar-refractivity contribution in [3.05, 3.63) is 35.2 Å². The maximum atomic E-state index is 11.7. The number of aromatic nitrogens is 2. The highest BCUT2D eigenvalue weighted by Crippen LogP contribution is 2.20. The third-order valence-electron chi connectivity index (χ3n) is 4.31. The van der Waals surface area contributed by atoms with E-state index in [2.05, 4.69) is 20.4 Å². The molecule has 0 bridgehead atoms. The largest absolute Gasteiger partial charge is 0.450 e. The summed E-state index contributed by atoms with van der Waals surface area (Å²) in [6, 6.07) is 7.36. The molecule has 9 nitrogen and oxygen atoms in total. The van der Waals surface area contributed by atoms with Crippen molar-refractivity contribution in [2.75, 3.05) is 19.7 Å². The Morgan fingerprint density at radius 3 is 2.90 bits per heavy atom. The maximum Gasteiger partial charge on any atom is 0.409 e. The highest BCUT2D eigenvalue weighted by atomic mass is 127. The number of carbonyl (C=O) groups excluding carboxylic acids is 1. The van der Waals surface area contributed by atoms with E-state index in [4.69, 9.17) is 26.6 Å². The van der Waals surface area contributed by atoms with Gasteiger partial charge in [0.15, 0.2) is 5.96 Å². The number of aliphatic imine (C=N–C) groups is 1. The van der Waals surface area contributed by atoms with Gasteiger partial charge < -0.3 is 25.2 Å². The summed E-state index contributed by atoms with van der Waals surface area (Å²) in [6.45, 7) is 3.59. The standard InChI is InChI=1S/C18H23ClN6O3.HI/c1-2-27-18(26)25-8-6-14(7-9-25)22-17(20)21-11-15-23-16(24-28-15)12-4-3-5-13(19)10-12;/h3-5,10,14H,2,6-9,11H2,1H3,(H3,20,21,22);1H. The van der Waals surface area contributed by atoms with E-state index in [-0.39, 0.29) is 42.7 Å². The van der Waals surface area contributed by atoms with Crippen LogP contribution >= 0.6 is 35.6 Å². The lowest BCUT2D eigenvalue weighted by Gasteiger charge is -2.31. The summed E-state index contributed by atoms with van der Waals surface area (Å²) in [5, 5.41) is 7.71. The zero-order valence-electron chi connectivity index (χ0n) is 16.0. The average Bonchev–Trinajstić information content (AvgIpc) is 3.16. The van der Waals surface area contributed by atoms with Crippen molar-refractivity contribution in [2.45, 2.75) is 32.4 Å². The maximum absolute atomic E-state index is 11.7. The van der Waals surface area contributed by atoms with Crippen molar-refractivity contribution in [3.8, 4) is 11.4 Å². The molecule has 29 heavy (non-hydrogen) atoms. The molecule has 1 aliphatic rings. The first-order chi connectivity index (χ1) is 13.5. The van der Waals surface area contributed by atoms with E-state index in [1.807, 2.05) is 12.1 Å². The summed E-state index contributed by atoms with van der Waals surface area (Å²) >= 11 is 5.98. The lowest BCUT2D eigenvalue weighted by molar-refractivity contribution is 0.0963. The van der Waals surface area contributed by atoms with E-state index in [1.54, 1.807) is 24.0 Å². The SMILES string of the molecule is CCOC(=O)N1CCC(NC(N)=NCc2nc(-c3cccc(Cl)c3)no2)CC1.I. The van der Waals surface area contributed by atoms with Gasteiger partial charge in [-0.3, -0.25) is 0 Å². The predicted molar refractivity (Wildman–Crippen MR) is 120 cm³/mol. The van der Waals surface area contributed by atoms with Gasteiger partial charge in [-0.05, 0) is 31.9 Å². The van der Waals surface area contributed by atoms with Crippen LogP contribution in [0.3, 0.4) is 0 Å². The monoisotopic (exact) mass is 534 g/mol. The molecule has 158 valence electrons. The number of benzene rings is 1. The normalized spacial score (nSPS) is 15.0. The van der Waals surface area contributed by atoms with Crippen LogP contribution in [-0.2, 0) is 11.3 Å². The van der Waals surface area contributed by atoms with E-state index in [0.717, 1.165) is 18.4 Å². The number of piperidine rings is 1. The highest BCUT2D eigenvalue weighted by molar-refractivity contribution is 14.0. The van der Waals surface area contributed by atoms with Crippen LogP contribution in [0.25, 0.3) is 11.4 Å². The van der Waals surface area contributed by atoms with E-state index < -0.39 is 0 Å². The first-order valence-corrected chi connectivity index (χ1v) is 9.49. The molecule has 1 aromatic carbocycles. The second-order valence-corrected chi connectivity index (χ2v) is 6.76. The molecule has 1 aromatic heterocycles. The van der Waals surface area contributed by atoms with Gasteiger partial charge in [-0.25, -0.2) is 9.79 Å². The lowest BCUT2D eigenvalue weighted by atomic mass is 10.1. The number of guanidine groups is 1. The number of amides is 1. The fourth-order valence-electron chi connectivity index (χ4n) is 2.89. The molecule has 0 atom stereocenters. The Morgan fingerprint density at radius 2 is 2.21 bits per heavy atom. The zero-order chi connectivity index (χ0) is 19.9. The summed E-state index contributed by atoms with van der Waals surface area (Å²) in [7, 11) is 0. The number of likely N-dealkylation sites (tertiary alicyclic amines) is 1. The number of nitrogens with two attached hydrogens (primary N) is 1. The molecule has 2 aromatic rings. The van der Waals surface area contributed by atoms with Crippen LogP contribution in [0.4, 0.5) is 4.79 Å². The molecule has 11 heteroatoms. The van der Waals surface area contributed by atoms with Gasteiger partial charge in [0.05, 0.1) is 6.61 Å². The molecule has 3 N–H and O–H groups in total. The Kier molecular flexibility index (Phi) is 8.96. The number of nitrogens with one attached hydrogen (secondary N) is 1. The number of hydrogen-bond acceptors (Lipinski definition) is 6. The van der Waals surface area contributed by atoms with E-state index in [9.17, 15) is 4.79 Å². The predicted octanol–water partition coefficient (Wildman–Crippen LogP) is 3.03. The van der Waals surface area contributed by atoms with Crippen molar-refractivity contribution in [1.82, 2.24) is 20.4 Å². The number of carbonyl (C=O) groups is 1. The molecule has 1 amide bonds. The summed E-state index contributed by atoms with van der Waals surface area (Å²) in [5.41, 5.74) is 6.73. The van der Waals surface area contributed by atoms with Crippen molar-refractivity contribution < 1.29 is 14.1 Å². The van der Waals surface area contributed by atoms with Gasteiger partial charge >= 0.3 is 6.09 Å². The lowest BCUT2D eigenvalue weighted by Crippen LogP contribution is -2.48. The van der Waals surface area contributed by atoms with Gasteiger partial charge in [-0.2, -0.15) is 4.98 Å². The fourth-order valence-corrected chi connectivity index (χ4v) is 3.08. The Hall–Kier alpha value is -2.08. The Labute approximate surface area is 191 Å².